The molecular weight excluding hydrogens is 513 g/mol. The number of alkyl halides is 3. The highest BCUT2D eigenvalue weighted by atomic mass is 19.4. The molecule has 0 saturated carbocycles. The molecule has 1 aliphatic rings. The van der Waals surface area contributed by atoms with Crippen molar-refractivity contribution in [2.45, 2.75) is 18.8 Å². The van der Waals surface area contributed by atoms with E-state index in [2.05, 4.69) is 15.2 Å². The predicted molar refractivity (Wildman–Crippen MR) is 137 cm³/mol. The minimum Gasteiger partial charge on any atom is -0.438 e. The van der Waals surface area contributed by atoms with E-state index in [1.165, 1.54) is 18.3 Å². The number of nitrogens with zero attached hydrogens (tertiary/aromatic N) is 3. The number of hydrogen-bond donors (Lipinski definition) is 1. The topological polar surface area (TPSA) is 84.0 Å². The Morgan fingerprint density at radius 1 is 0.974 bits per heavy atom. The summed E-state index contributed by atoms with van der Waals surface area (Å²) in [5, 5.41) is 2.75. The first-order valence-electron chi connectivity index (χ1n) is 12.4. The van der Waals surface area contributed by atoms with Gasteiger partial charge in [-0.25, -0.2) is 4.98 Å². The summed E-state index contributed by atoms with van der Waals surface area (Å²) in [5.41, 5.74) is 0.125. The van der Waals surface area contributed by atoms with Crippen LogP contribution in [0.5, 0.6) is 11.6 Å². The zero-order chi connectivity index (χ0) is 27.8. The number of aromatic nitrogens is 1. The number of carbonyl (C=O) groups is 2. The molecule has 206 valence electrons. The van der Waals surface area contributed by atoms with Crippen LogP contribution in [0, 0.1) is 0 Å². The van der Waals surface area contributed by atoms with Crippen LogP contribution in [0.15, 0.2) is 72.9 Å². The Morgan fingerprint density at radius 3 is 2.33 bits per heavy atom. The van der Waals surface area contributed by atoms with Gasteiger partial charge in [-0.1, -0.05) is 30.3 Å². The molecule has 0 aliphatic carbocycles. The molecule has 2 heterocycles. The van der Waals surface area contributed by atoms with E-state index < -0.39 is 23.7 Å². The molecule has 8 nitrogen and oxygen atoms in total. The number of halogens is 3. The molecule has 0 radical (unpaired) electrons. The Balaban J connectivity index is 1.48. The maximum Gasteiger partial charge on any atom is 0.416 e. The Kier molecular flexibility index (Phi) is 9.15. The monoisotopic (exact) mass is 542 g/mol. The number of nitrogens with one attached hydrogen (secondary N) is 1. The summed E-state index contributed by atoms with van der Waals surface area (Å²) in [6.45, 7) is 2.68. The van der Waals surface area contributed by atoms with E-state index in [-0.39, 0.29) is 36.3 Å². The summed E-state index contributed by atoms with van der Waals surface area (Å²) in [5.74, 6) is -0.919. The number of benzene rings is 2. The van der Waals surface area contributed by atoms with E-state index in [1.807, 2.05) is 37.4 Å². The lowest BCUT2D eigenvalue weighted by molar-refractivity contribution is -0.138. The smallest absolute Gasteiger partial charge is 0.416 e. The normalized spacial score (nSPS) is 15.0. The summed E-state index contributed by atoms with van der Waals surface area (Å²) in [7, 11) is 1.98. The van der Waals surface area contributed by atoms with Crippen LogP contribution in [-0.2, 0) is 22.3 Å². The summed E-state index contributed by atoms with van der Waals surface area (Å²) in [6.07, 6.45) is -3.09. The van der Waals surface area contributed by atoms with Crippen LogP contribution in [-0.4, -0.2) is 72.5 Å². The number of rotatable bonds is 9. The van der Waals surface area contributed by atoms with Crippen LogP contribution in [0.25, 0.3) is 0 Å². The van der Waals surface area contributed by atoms with Crippen molar-refractivity contribution in [2.75, 3.05) is 39.8 Å². The van der Waals surface area contributed by atoms with Gasteiger partial charge in [0.2, 0.25) is 11.8 Å². The number of carbonyl (C=O) groups excluding carboxylic acids is 2. The van der Waals surface area contributed by atoms with Gasteiger partial charge in [-0.05, 0) is 49.0 Å². The molecule has 39 heavy (non-hydrogen) atoms. The number of ether oxygens (including phenoxy) is 2. The van der Waals surface area contributed by atoms with E-state index >= 15 is 0 Å². The average molecular weight is 543 g/mol. The molecule has 0 bridgehead atoms. The third-order valence-electron chi connectivity index (χ3n) is 6.23. The largest absolute Gasteiger partial charge is 0.438 e. The van der Waals surface area contributed by atoms with Crippen molar-refractivity contribution < 1.29 is 32.2 Å². The SMILES string of the molecule is CN1CCN(C(=O)[C@@H](COCc2ccccc2)NC(=O)c2cccnc2Oc2ccc(C(F)(F)F)cc2)CC1. The number of pyridine rings is 1. The minimum absolute atomic E-state index is 0.0247. The van der Waals surface area contributed by atoms with Gasteiger partial charge in [0.1, 0.15) is 17.4 Å². The van der Waals surface area contributed by atoms with E-state index in [0.29, 0.717) is 26.2 Å². The van der Waals surface area contributed by atoms with Crippen LogP contribution in [0.3, 0.4) is 0 Å². The third kappa shape index (κ3) is 7.78. The minimum atomic E-state index is -4.48. The zero-order valence-electron chi connectivity index (χ0n) is 21.4. The molecule has 0 spiro atoms. The van der Waals surface area contributed by atoms with Crippen LogP contribution < -0.4 is 10.1 Å². The van der Waals surface area contributed by atoms with Crippen molar-refractivity contribution in [1.29, 1.82) is 0 Å². The molecule has 4 rings (SSSR count). The first-order chi connectivity index (χ1) is 18.7. The fraction of sp³-hybridized carbons (Fsp3) is 0.321. The summed E-state index contributed by atoms with van der Waals surface area (Å²) < 4.78 is 50.1. The lowest BCUT2D eigenvalue weighted by atomic mass is 10.2. The highest BCUT2D eigenvalue weighted by Crippen LogP contribution is 2.31. The molecule has 2 amide bonds. The molecule has 1 aromatic heterocycles. The van der Waals surface area contributed by atoms with Crippen LogP contribution in [0.2, 0.25) is 0 Å². The number of hydrogen-bond acceptors (Lipinski definition) is 6. The van der Waals surface area contributed by atoms with Crippen LogP contribution in [0.4, 0.5) is 13.2 Å². The highest BCUT2D eigenvalue weighted by Gasteiger charge is 2.31. The molecule has 1 saturated heterocycles. The van der Waals surface area contributed by atoms with E-state index in [1.54, 1.807) is 4.90 Å². The fourth-order valence-corrected chi connectivity index (χ4v) is 4.00. The van der Waals surface area contributed by atoms with Gasteiger partial charge in [-0.15, -0.1) is 0 Å². The Bertz CT molecular complexity index is 1250. The van der Waals surface area contributed by atoms with Crippen LogP contribution in [0.1, 0.15) is 21.5 Å². The lowest BCUT2D eigenvalue weighted by Crippen LogP contribution is -2.55. The molecule has 3 aromatic rings. The van der Waals surface area contributed by atoms with Crippen molar-refractivity contribution in [3.8, 4) is 11.6 Å². The first kappa shape index (κ1) is 28.1. The van der Waals surface area contributed by atoms with Crippen molar-refractivity contribution in [1.82, 2.24) is 20.1 Å². The van der Waals surface area contributed by atoms with E-state index in [4.69, 9.17) is 9.47 Å². The first-order valence-corrected chi connectivity index (χ1v) is 12.4. The van der Waals surface area contributed by atoms with Gasteiger partial charge in [-0.2, -0.15) is 13.2 Å². The standard InChI is InChI=1S/C28H29F3N4O4/c1-34-14-16-35(17-15-34)27(37)24(19-38-18-20-6-3-2-4-7-20)33-25(36)23-8-5-13-32-26(23)39-22-11-9-21(10-12-22)28(29,30)31/h2-13,24H,14-19H2,1H3,(H,33,36)/t24-/m1/s1. The fourth-order valence-electron chi connectivity index (χ4n) is 4.00. The summed E-state index contributed by atoms with van der Waals surface area (Å²) in [4.78, 5) is 34.6. The second-order valence-corrected chi connectivity index (χ2v) is 9.14. The molecule has 1 N–H and O–H groups in total. The predicted octanol–water partition coefficient (Wildman–Crippen LogP) is 3.98. The molecule has 1 atom stereocenters. The molecule has 2 aromatic carbocycles. The molecule has 1 aliphatic heterocycles. The van der Waals surface area contributed by atoms with Gasteiger partial charge in [0.15, 0.2) is 0 Å². The third-order valence-corrected chi connectivity index (χ3v) is 6.23. The molecule has 1 fully saturated rings. The second-order valence-electron chi connectivity index (χ2n) is 9.14. The van der Waals surface area contributed by atoms with Gasteiger partial charge >= 0.3 is 6.18 Å². The van der Waals surface area contributed by atoms with Crippen molar-refractivity contribution >= 4 is 11.8 Å². The van der Waals surface area contributed by atoms with Gasteiger partial charge in [0.05, 0.1) is 18.8 Å². The van der Waals surface area contributed by atoms with Crippen LogP contribution >= 0.6 is 0 Å². The zero-order valence-corrected chi connectivity index (χ0v) is 21.4. The maximum atomic E-state index is 13.4. The molecule has 11 heteroatoms. The second kappa shape index (κ2) is 12.7. The maximum absolute atomic E-state index is 13.4. The number of piperazine rings is 1. The van der Waals surface area contributed by atoms with Gasteiger partial charge in [0, 0.05) is 32.4 Å². The summed E-state index contributed by atoms with van der Waals surface area (Å²) in [6, 6.07) is 15.5. The quantitative estimate of drug-likeness (QED) is 0.441. The van der Waals surface area contributed by atoms with Gasteiger partial charge in [0.25, 0.3) is 5.91 Å². The highest BCUT2D eigenvalue weighted by molar-refractivity contribution is 5.99. The molecular formula is C28H29F3N4O4. The summed E-state index contributed by atoms with van der Waals surface area (Å²) >= 11 is 0. The van der Waals surface area contributed by atoms with Crippen molar-refractivity contribution in [3.05, 3.63) is 89.6 Å². The van der Waals surface area contributed by atoms with Crippen molar-refractivity contribution in [2.24, 2.45) is 0 Å². The van der Waals surface area contributed by atoms with Crippen molar-refractivity contribution in [3.63, 3.8) is 0 Å². The van der Waals surface area contributed by atoms with Gasteiger partial charge < -0.3 is 24.6 Å². The van der Waals surface area contributed by atoms with E-state index in [9.17, 15) is 22.8 Å². The Hall–Kier alpha value is -3.96. The number of amides is 2. The number of likely N-dealkylation sites (N-methyl/N-ethyl adjacent to an activating group) is 1. The molecule has 0 unspecified atom stereocenters. The van der Waals surface area contributed by atoms with Gasteiger partial charge in [-0.3, -0.25) is 9.59 Å². The van der Waals surface area contributed by atoms with E-state index in [0.717, 1.165) is 29.8 Å². The Labute approximate surface area is 224 Å². The Morgan fingerprint density at radius 2 is 1.67 bits per heavy atom. The average Bonchev–Trinajstić information content (AvgIpc) is 2.93. The lowest BCUT2D eigenvalue weighted by Gasteiger charge is -2.34.